The van der Waals surface area contributed by atoms with Gasteiger partial charge in [0.2, 0.25) is 0 Å². The Labute approximate surface area is 140 Å². The van der Waals surface area contributed by atoms with E-state index in [1.165, 1.54) is 4.88 Å². The minimum atomic E-state index is 0.0592. The molecule has 2 N–H and O–H groups in total. The van der Waals surface area contributed by atoms with Gasteiger partial charge < -0.3 is 5.73 Å². The van der Waals surface area contributed by atoms with Crippen molar-refractivity contribution in [2.24, 2.45) is 5.73 Å². The highest BCUT2D eigenvalue weighted by atomic mass is 35.5. The topological polar surface area (TPSA) is 29.3 Å². The molecule has 0 aliphatic carbocycles. The molecule has 0 aliphatic heterocycles. The summed E-state index contributed by atoms with van der Waals surface area (Å²) in [4.78, 5) is 3.50. The highest BCUT2D eigenvalue weighted by molar-refractivity contribution is 7.16. The third-order valence-electron chi connectivity index (χ3n) is 3.58. The lowest BCUT2D eigenvalue weighted by Gasteiger charge is -2.32. The molecule has 2 rings (SSSR count). The summed E-state index contributed by atoms with van der Waals surface area (Å²) in [6.07, 6.45) is 0.909. The molecule has 2 nitrogen and oxygen atoms in total. The molecule has 21 heavy (non-hydrogen) atoms. The van der Waals surface area contributed by atoms with Crippen LogP contribution in [0, 0.1) is 0 Å². The summed E-state index contributed by atoms with van der Waals surface area (Å²) in [6, 6.07) is 12.1. The van der Waals surface area contributed by atoms with Crippen LogP contribution < -0.4 is 5.73 Å². The number of halogens is 2. The van der Waals surface area contributed by atoms with Gasteiger partial charge in [0.05, 0.1) is 4.34 Å². The minimum Gasteiger partial charge on any atom is -0.326 e. The van der Waals surface area contributed by atoms with Crippen LogP contribution in [-0.2, 0) is 6.54 Å². The van der Waals surface area contributed by atoms with Gasteiger partial charge in [-0.1, -0.05) is 42.3 Å². The van der Waals surface area contributed by atoms with Crippen LogP contribution >= 0.6 is 34.5 Å². The Morgan fingerprint density at radius 3 is 2.57 bits per heavy atom. The Kier molecular flexibility index (Phi) is 6.08. The predicted octanol–water partition coefficient (Wildman–Crippen LogP) is 4.97. The Hall–Kier alpha value is -0.580. The van der Waals surface area contributed by atoms with E-state index in [1.807, 2.05) is 24.3 Å². The SMILES string of the molecule is CCC(N)C(c1cccc(Cl)c1)N(C)Cc1ccc(Cl)s1. The summed E-state index contributed by atoms with van der Waals surface area (Å²) < 4.78 is 0.817. The Balaban J connectivity index is 2.23. The molecule has 0 amide bonds. The molecule has 0 spiro atoms. The van der Waals surface area contributed by atoms with Gasteiger partial charge in [-0.3, -0.25) is 4.90 Å². The summed E-state index contributed by atoms with van der Waals surface area (Å²) in [7, 11) is 2.09. The maximum Gasteiger partial charge on any atom is 0.0931 e. The van der Waals surface area contributed by atoms with E-state index in [0.717, 1.165) is 27.9 Å². The fraction of sp³-hybridized carbons (Fsp3) is 0.375. The molecule has 0 saturated carbocycles. The number of rotatable bonds is 6. The summed E-state index contributed by atoms with van der Waals surface area (Å²) in [6.45, 7) is 2.93. The lowest BCUT2D eigenvalue weighted by atomic mass is 9.96. The van der Waals surface area contributed by atoms with Gasteiger partial charge in [0.1, 0.15) is 0 Å². The smallest absolute Gasteiger partial charge is 0.0931 e. The highest BCUT2D eigenvalue weighted by Crippen LogP contribution is 2.29. The van der Waals surface area contributed by atoms with Gasteiger partial charge in [0.25, 0.3) is 0 Å². The molecule has 0 saturated heterocycles. The molecule has 114 valence electrons. The molecule has 0 radical (unpaired) electrons. The first kappa shape index (κ1) is 16.8. The molecule has 2 unspecified atom stereocenters. The Morgan fingerprint density at radius 1 is 1.24 bits per heavy atom. The minimum absolute atomic E-state index is 0.0592. The van der Waals surface area contributed by atoms with Gasteiger partial charge in [-0.25, -0.2) is 0 Å². The number of likely N-dealkylation sites (N-methyl/N-ethyl adjacent to an activating group) is 1. The molecule has 1 aromatic heterocycles. The van der Waals surface area contributed by atoms with Gasteiger partial charge in [-0.2, -0.15) is 0 Å². The first-order chi connectivity index (χ1) is 10.0. The van der Waals surface area contributed by atoms with Crippen molar-refractivity contribution in [3.05, 3.63) is 56.2 Å². The number of nitrogens with two attached hydrogens (primary N) is 1. The molecule has 0 fully saturated rings. The monoisotopic (exact) mass is 342 g/mol. The van der Waals surface area contributed by atoms with Gasteiger partial charge >= 0.3 is 0 Å². The van der Waals surface area contributed by atoms with E-state index in [-0.39, 0.29) is 12.1 Å². The zero-order chi connectivity index (χ0) is 15.4. The number of thiophene rings is 1. The lowest BCUT2D eigenvalue weighted by molar-refractivity contribution is 0.203. The van der Waals surface area contributed by atoms with Crippen LogP contribution in [0.15, 0.2) is 36.4 Å². The van der Waals surface area contributed by atoms with Gasteiger partial charge in [0, 0.05) is 28.5 Å². The van der Waals surface area contributed by atoms with E-state index in [0.29, 0.717) is 0 Å². The van der Waals surface area contributed by atoms with Crippen molar-refractivity contribution >= 4 is 34.5 Å². The van der Waals surface area contributed by atoms with Crippen molar-refractivity contribution in [2.75, 3.05) is 7.05 Å². The normalized spacial score (nSPS) is 14.4. The molecule has 2 aromatic rings. The summed E-state index contributed by atoms with van der Waals surface area (Å²) in [5, 5.41) is 0.744. The molecule has 1 heterocycles. The number of hydrogen-bond donors (Lipinski definition) is 1. The van der Waals surface area contributed by atoms with Crippen LogP contribution in [0.25, 0.3) is 0 Å². The standard InChI is InChI=1S/C16H20Cl2N2S/c1-3-14(19)16(11-5-4-6-12(17)9-11)20(2)10-13-7-8-15(18)21-13/h4-9,14,16H,3,10,19H2,1-2H3. The average molecular weight is 343 g/mol. The second-order valence-electron chi connectivity index (χ2n) is 5.19. The largest absolute Gasteiger partial charge is 0.326 e. The van der Waals surface area contributed by atoms with E-state index in [2.05, 4.69) is 31.0 Å². The van der Waals surface area contributed by atoms with E-state index >= 15 is 0 Å². The second-order valence-corrected chi connectivity index (χ2v) is 7.43. The van der Waals surface area contributed by atoms with Crippen molar-refractivity contribution in [3.8, 4) is 0 Å². The van der Waals surface area contributed by atoms with E-state index in [4.69, 9.17) is 28.9 Å². The fourth-order valence-electron chi connectivity index (χ4n) is 2.52. The van der Waals surface area contributed by atoms with Gasteiger partial charge in [-0.05, 0) is 43.3 Å². The molecular weight excluding hydrogens is 323 g/mol. The van der Waals surface area contributed by atoms with E-state index < -0.39 is 0 Å². The Bertz CT molecular complexity index is 585. The molecular formula is C16H20Cl2N2S. The first-order valence-electron chi connectivity index (χ1n) is 6.96. The maximum absolute atomic E-state index is 6.35. The quantitative estimate of drug-likeness (QED) is 0.803. The fourth-order valence-corrected chi connectivity index (χ4v) is 3.87. The molecule has 2 atom stereocenters. The molecule has 0 bridgehead atoms. The number of nitrogens with zero attached hydrogens (tertiary/aromatic N) is 1. The van der Waals surface area contributed by atoms with E-state index in [9.17, 15) is 0 Å². The van der Waals surface area contributed by atoms with E-state index in [1.54, 1.807) is 11.3 Å². The van der Waals surface area contributed by atoms with Crippen LogP contribution in [0.2, 0.25) is 9.36 Å². The summed E-state index contributed by atoms with van der Waals surface area (Å²) >= 11 is 13.7. The third-order valence-corrected chi connectivity index (χ3v) is 5.03. The van der Waals surface area contributed by atoms with Gasteiger partial charge in [-0.15, -0.1) is 11.3 Å². The van der Waals surface area contributed by atoms with Crippen LogP contribution in [-0.4, -0.2) is 18.0 Å². The molecule has 5 heteroatoms. The van der Waals surface area contributed by atoms with Crippen molar-refractivity contribution in [3.63, 3.8) is 0 Å². The van der Waals surface area contributed by atoms with Crippen molar-refractivity contribution < 1.29 is 0 Å². The number of hydrogen-bond acceptors (Lipinski definition) is 3. The van der Waals surface area contributed by atoms with Crippen LogP contribution in [0.1, 0.15) is 29.8 Å². The van der Waals surface area contributed by atoms with Crippen LogP contribution in [0.3, 0.4) is 0 Å². The van der Waals surface area contributed by atoms with Crippen LogP contribution in [0.5, 0.6) is 0 Å². The highest BCUT2D eigenvalue weighted by Gasteiger charge is 2.23. The van der Waals surface area contributed by atoms with Crippen LogP contribution in [0.4, 0.5) is 0 Å². The lowest BCUT2D eigenvalue weighted by Crippen LogP contribution is -2.38. The first-order valence-corrected chi connectivity index (χ1v) is 8.54. The third kappa shape index (κ3) is 4.44. The average Bonchev–Trinajstić information content (AvgIpc) is 2.84. The van der Waals surface area contributed by atoms with Crippen molar-refractivity contribution in [2.45, 2.75) is 32.0 Å². The second kappa shape index (κ2) is 7.61. The predicted molar refractivity (Wildman–Crippen MR) is 93.3 cm³/mol. The zero-order valence-electron chi connectivity index (χ0n) is 12.2. The zero-order valence-corrected chi connectivity index (χ0v) is 14.6. The van der Waals surface area contributed by atoms with Crippen molar-refractivity contribution in [1.29, 1.82) is 0 Å². The molecule has 1 aromatic carbocycles. The number of benzene rings is 1. The van der Waals surface area contributed by atoms with Crippen molar-refractivity contribution in [1.82, 2.24) is 4.90 Å². The van der Waals surface area contributed by atoms with Gasteiger partial charge in [0.15, 0.2) is 0 Å². The maximum atomic E-state index is 6.35. The Morgan fingerprint density at radius 2 is 2.00 bits per heavy atom. The summed E-state index contributed by atoms with van der Waals surface area (Å²) in [5.74, 6) is 0. The molecule has 0 aliphatic rings. The summed E-state index contributed by atoms with van der Waals surface area (Å²) in [5.41, 5.74) is 7.51.